The summed E-state index contributed by atoms with van der Waals surface area (Å²) in [6.45, 7) is 0.820. The smallest absolute Gasteiger partial charge is 0.239 e. The van der Waals surface area contributed by atoms with Crippen LogP contribution in [0.15, 0.2) is 6.20 Å². The highest BCUT2D eigenvalue weighted by Crippen LogP contribution is 2.18. The van der Waals surface area contributed by atoms with Gasteiger partial charge in [-0.1, -0.05) is 11.6 Å². The average Bonchev–Trinajstić information content (AvgIpc) is 2.32. The number of methoxy groups -OCH3 is 1. The monoisotopic (exact) mass is 261 g/mol. The van der Waals surface area contributed by atoms with Crippen molar-refractivity contribution in [3.63, 3.8) is 0 Å². The Bertz CT molecular complexity index is 352. The highest BCUT2D eigenvalue weighted by molar-refractivity contribution is 6.32. The summed E-state index contributed by atoms with van der Waals surface area (Å²) >= 11 is 5.89. The molecular weight excluding hydrogens is 246 g/mol. The van der Waals surface area contributed by atoms with Gasteiger partial charge in [-0.25, -0.2) is 10.8 Å². The molecule has 7 nitrogen and oxygen atoms in total. The van der Waals surface area contributed by atoms with Gasteiger partial charge in [0.2, 0.25) is 5.95 Å². The molecule has 1 heterocycles. The lowest BCUT2D eigenvalue weighted by molar-refractivity contribution is 0.0615. The van der Waals surface area contributed by atoms with Gasteiger partial charge in [0.1, 0.15) is 5.02 Å². The van der Waals surface area contributed by atoms with Crippen LogP contribution in [0.2, 0.25) is 5.02 Å². The summed E-state index contributed by atoms with van der Waals surface area (Å²) in [6.07, 6.45) is 1.46. The minimum absolute atomic E-state index is 0.273. The van der Waals surface area contributed by atoms with Gasteiger partial charge < -0.3 is 15.2 Å². The molecule has 0 aliphatic rings. The number of hydrogen-bond acceptors (Lipinski definition) is 7. The molecule has 0 saturated heterocycles. The molecular formula is C9H16ClN5O2. The van der Waals surface area contributed by atoms with E-state index in [0.29, 0.717) is 30.4 Å². The molecule has 96 valence electrons. The van der Waals surface area contributed by atoms with E-state index in [1.807, 2.05) is 0 Å². The number of aliphatic hydroxyl groups is 1. The Morgan fingerprint density at radius 1 is 1.65 bits per heavy atom. The normalized spacial score (nSPS) is 12.2. The molecule has 1 aromatic heterocycles. The van der Waals surface area contributed by atoms with Gasteiger partial charge in [0.15, 0.2) is 5.82 Å². The predicted octanol–water partition coefficient (Wildman–Crippen LogP) is 0.225. The highest BCUT2D eigenvalue weighted by atomic mass is 35.5. The Morgan fingerprint density at radius 2 is 2.41 bits per heavy atom. The molecule has 0 fully saturated rings. The molecule has 17 heavy (non-hydrogen) atoms. The third-order valence-corrected chi connectivity index (χ3v) is 2.28. The van der Waals surface area contributed by atoms with E-state index in [-0.39, 0.29) is 5.95 Å². The first-order valence-corrected chi connectivity index (χ1v) is 5.45. The highest BCUT2D eigenvalue weighted by Gasteiger charge is 2.06. The third kappa shape index (κ3) is 4.70. The lowest BCUT2D eigenvalue weighted by Crippen LogP contribution is -2.19. The van der Waals surface area contributed by atoms with Crippen LogP contribution in [0.25, 0.3) is 0 Å². The van der Waals surface area contributed by atoms with E-state index in [4.69, 9.17) is 22.2 Å². The fraction of sp³-hybridized carbons (Fsp3) is 0.556. The molecule has 0 amide bonds. The second-order valence-electron chi connectivity index (χ2n) is 3.36. The maximum atomic E-state index is 9.43. The maximum absolute atomic E-state index is 9.43. The first-order valence-electron chi connectivity index (χ1n) is 5.07. The van der Waals surface area contributed by atoms with Crippen LogP contribution in [0.3, 0.4) is 0 Å². The van der Waals surface area contributed by atoms with E-state index in [1.54, 1.807) is 0 Å². The number of rotatable bonds is 7. The van der Waals surface area contributed by atoms with Gasteiger partial charge in [0.05, 0.1) is 18.9 Å². The molecule has 0 spiro atoms. The maximum Gasteiger partial charge on any atom is 0.239 e. The van der Waals surface area contributed by atoms with E-state index in [0.717, 1.165) is 0 Å². The Balaban J connectivity index is 2.45. The van der Waals surface area contributed by atoms with Crippen molar-refractivity contribution in [2.24, 2.45) is 5.84 Å². The zero-order valence-corrected chi connectivity index (χ0v) is 10.2. The first kappa shape index (κ1) is 13.9. The largest absolute Gasteiger partial charge is 0.391 e. The van der Waals surface area contributed by atoms with Crippen molar-refractivity contribution < 1.29 is 9.84 Å². The number of anilines is 2. The Morgan fingerprint density at radius 3 is 3.06 bits per heavy atom. The summed E-state index contributed by atoms with van der Waals surface area (Å²) < 4.78 is 4.81. The molecule has 1 atom stereocenters. The van der Waals surface area contributed by atoms with Gasteiger partial charge in [0.25, 0.3) is 0 Å². The van der Waals surface area contributed by atoms with E-state index in [9.17, 15) is 5.11 Å². The number of nitrogens with two attached hydrogens (primary N) is 1. The second-order valence-corrected chi connectivity index (χ2v) is 3.77. The summed E-state index contributed by atoms with van der Waals surface area (Å²) in [7, 11) is 1.54. The van der Waals surface area contributed by atoms with E-state index >= 15 is 0 Å². The molecule has 0 saturated carbocycles. The molecule has 0 bridgehead atoms. The molecule has 1 unspecified atom stereocenters. The van der Waals surface area contributed by atoms with Crippen LogP contribution in [0, 0.1) is 0 Å². The van der Waals surface area contributed by atoms with Crippen molar-refractivity contribution >= 4 is 23.4 Å². The van der Waals surface area contributed by atoms with Crippen molar-refractivity contribution in [3.05, 3.63) is 11.2 Å². The van der Waals surface area contributed by atoms with Gasteiger partial charge in [-0.15, -0.1) is 0 Å². The number of aliphatic hydroxyl groups excluding tert-OH is 1. The fourth-order valence-electron chi connectivity index (χ4n) is 1.19. The van der Waals surface area contributed by atoms with Crippen molar-refractivity contribution in [2.75, 3.05) is 31.0 Å². The number of nitrogens with one attached hydrogen (secondary N) is 2. The molecule has 1 aromatic rings. The standard InChI is InChI=1S/C9H16ClN5O2/c1-17-5-6(16)2-3-12-8-7(10)4-13-9(14-8)15-11/h4,6,16H,2-3,5,11H2,1H3,(H2,12,13,14,15). The third-order valence-electron chi connectivity index (χ3n) is 2.00. The van der Waals surface area contributed by atoms with Gasteiger partial charge >= 0.3 is 0 Å². The van der Waals surface area contributed by atoms with Gasteiger partial charge in [-0.2, -0.15) is 4.98 Å². The molecule has 0 aliphatic heterocycles. The van der Waals surface area contributed by atoms with E-state index in [2.05, 4.69) is 20.7 Å². The SMILES string of the molecule is COCC(O)CCNc1nc(NN)ncc1Cl. The topological polar surface area (TPSA) is 105 Å². The number of hydrazine groups is 1. The van der Waals surface area contributed by atoms with Crippen molar-refractivity contribution in [1.29, 1.82) is 0 Å². The summed E-state index contributed by atoms with van der Waals surface area (Å²) in [5.41, 5.74) is 2.32. The zero-order chi connectivity index (χ0) is 12.7. The Hall–Kier alpha value is -1.15. The van der Waals surface area contributed by atoms with Gasteiger partial charge in [-0.05, 0) is 6.42 Å². The van der Waals surface area contributed by atoms with Crippen molar-refractivity contribution in [1.82, 2.24) is 9.97 Å². The predicted molar refractivity (Wildman–Crippen MR) is 65.8 cm³/mol. The van der Waals surface area contributed by atoms with Crippen LogP contribution in [0.4, 0.5) is 11.8 Å². The van der Waals surface area contributed by atoms with E-state index < -0.39 is 6.10 Å². The number of nitrogens with zero attached hydrogens (tertiary/aromatic N) is 2. The summed E-state index contributed by atoms with van der Waals surface area (Å²) in [5, 5.41) is 12.8. The van der Waals surface area contributed by atoms with Crippen LogP contribution in [0.5, 0.6) is 0 Å². The minimum Gasteiger partial charge on any atom is -0.391 e. The van der Waals surface area contributed by atoms with Crippen LogP contribution >= 0.6 is 11.6 Å². The first-order chi connectivity index (χ1) is 8.17. The van der Waals surface area contributed by atoms with Gasteiger partial charge in [-0.3, -0.25) is 5.43 Å². The molecule has 8 heteroatoms. The molecule has 1 rings (SSSR count). The molecule has 0 aromatic carbocycles. The van der Waals surface area contributed by atoms with Crippen molar-refractivity contribution in [3.8, 4) is 0 Å². The molecule has 0 radical (unpaired) electrons. The number of ether oxygens (including phenoxy) is 1. The fourth-order valence-corrected chi connectivity index (χ4v) is 1.35. The number of halogens is 1. The number of hydrogen-bond donors (Lipinski definition) is 4. The lowest BCUT2D eigenvalue weighted by Gasteiger charge is -2.11. The van der Waals surface area contributed by atoms with E-state index in [1.165, 1.54) is 13.3 Å². The zero-order valence-electron chi connectivity index (χ0n) is 9.48. The van der Waals surface area contributed by atoms with Crippen LogP contribution in [-0.2, 0) is 4.74 Å². The molecule has 0 aliphatic carbocycles. The van der Waals surface area contributed by atoms with Crippen LogP contribution in [-0.4, -0.2) is 41.4 Å². The average molecular weight is 262 g/mol. The molecule has 5 N–H and O–H groups in total. The summed E-state index contributed by atoms with van der Waals surface area (Å²) in [5.74, 6) is 5.93. The number of nitrogen functional groups attached to an aromatic ring is 1. The van der Waals surface area contributed by atoms with Crippen LogP contribution in [0.1, 0.15) is 6.42 Å². The summed E-state index contributed by atoms with van der Waals surface area (Å²) in [4.78, 5) is 7.87. The van der Waals surface area contributed by atoms with Crippen molar-refractivity contribution in [2.45, 2.75) is 12.5 Å². The Labute approximate surface area is 104 Å². The lowest BCUT2D eigenvalue weighted by atomic mass is 10.2. The Kier molecular flexibility index (Phi) is 5.92. The quantitative estimate of drug-likeness (QED) is 0.411. The van der Waals surface area contributed by atoms with Crippen LogP contribution < -0.4 is 16.6 Å². The second kappa shape index (κ2) is 7.23. The summed E-state index contributed by atoms with van der Waals surface area (Å²) in [6, 6.07) is 0. The van der Waals surface area contributed by atoms with Gasteiger partial charge in [0, 0.05) is 13.7 Å². The number of aromatic nitrogens is 2. The minimum atomic E-state index is -0.514.